The number of rotatable bonds is 5. The highest BCUT2D eigenvalue weighted by atomic mass is 16.5. The van der Waals surface area contributed by atoms with Crippen LogP contribution < -0.4 is 0 Å². The Morgan fingerprint density at radius 2 is 1.68 bits per heavy atom. The van der Waals surface area contributed by atoms with Crippen molar-refractivity contribution >= 4 is 17.5 Å². The van der Waals surface area contributed by atoms with E-state index in [1.54, 1.807) is 25.1 Å². The quantitative estimate of drug-likeness (QED) is 0.783. The number of allylic oxidation sites excluding steroid dienone is 4. The normalized spacial score (nSPS) is 13.7. The molecule has 0 unspecified atom stereocenters. The highest BCUT2D eigenvalue weighted by molar-refractivity contribution is 6.28. The van der Waals surface area contributed by atoms with Gasteiger partial charge in [0.2, 0.25) is 0 Å². The first-order valence-corrected chi connectivity index (χ1v) is 6.90. The molecule has 0 atom stereocenters. The summed E-state index contributed by atoms with van der Waals surface area (Å²) in [5.41, 5.74) is 1.80. The SMILES string of the molecule is C=CC1=C(C=C)C(=O)c2cc(COC(=O)CC)ccc2C1=O. The highest BCUT2D eigenvalue weighted by Gasteiger charge is 2.29. The van der Waals surface area contributed by atoms with Gasteiger partial charge in [-0.05, 0) is 17.7 Å². The van der Waals surface area contributed by atoms with Crippen molar-refractivity contribution in [1.29, 1.82) is 0 Å². The number of benzene rings is 1. The van der Waals surface area contributed by atoms with Gasteiger partial charge >= 0.3 is 5.97 Å². The second-order valence-electron chi connectivity index (χ2n) is 4.79. The summed E-state index contributed by atoms with van der Waals surface area (Å²) in [5, 5.41) is 0. The molecule has 0 saturated carbocycles. The van der Waals surface area contributed by atoms with Crippen LogP contribution in [-0.4, -0.2) is 17.5 Å². The number of esters is 1. The standard InChI is InChI=1S/C18H16O4/c1-4-12-13(5-2)18(21)15-9-11(10-22-16(19)6-3)7-8-14(15)17(12)20/h4-5,7-9H,1-2,6,10H2,3H3. The van der Waals surface area contributed by atoms with Gasteiger partial charge in [0, 0.05) is 28.7 Å². The zero-order valence-corrected chi connectivity index (χ0v) is 12.3. The lowest BCUT2D eigenvalue weighted by Crippen LogP contribution is -2.20. The number of ether oxygens (including phenoxy) is 1. The molecule has 0 saturated heterocycles. The Bertz CT molecular complexity index is 723. The molecule has 4 heteroatoms. The molecule has 0 spiro atoms. The maximum atomic E-state index is 12.5. The third-order valence-corrected chi connectivity index (χ3v) is 3.45. The van der Waals surface area contributed by atoms with Crippen LogP contribution >= 0.6 is 0 Å². The molecule has 0 aromatic heterocycles. The van der Waals surface area contributed by atoms with Crippen LogP contribution in [0.15, 0.2) is 54.7 Å². The van der Waals surface area contributed by atoms with E-state index in [4.69, 9.17) is 4.74 Å². The summed E-state index contributed by atoms with van der Waals surface area (Å²) in [6.45, 7) is 8.94. The molecule has 0 fully saturated rings. The first-order chi connectivity index (χ1) is 10.5. The maximum absolute atomic E-state index is 12.5. The minimum atomic E-state index is -0.319. The Kier molecular flexibility index (Phi) is 4.51. The fourth-order valence-corrected chi connectivity index (χ4v) is 2.27. The molecule has 112 valence electrons. The number of ketones is 2. The van der Waals surface area contributed by atoms with Gasteiger partial charge < -0.3 is 4.74 Å². The molecule has 1 aromatic rings. The summed E-state index contributed by atoms with van der Waals surface area (Å²) < 4.78 is 5.04. The fraction of sp³-hybridized carbons (Fsp3) is 0.167. The van der Waals surface area contributed by atoms with Gasteiger partial charge in [-0.15, -0.1) is 0 Å². The summed E-state index contributed by atoms with van der Waals surface area (Å²) in [7, 11) is 0. The number of fused-ring (bicyclic) bond motifs is 1. The molecule has 1 aromatic carbocycles. The van der Waals surface area contributed by atoms with Crippen molar-refractivity contribution in [2.75, 3.05) is 0 Å². The summed E-state index contributed by atoms with van der Waals surface area (Å²) >= 11 is 0. The largest absolute Gasteiger partial charge is 0.461 e. The molecule has 0 bridgehead atoms. The lowest BCUT2D eigenvalue weighted by molar-refractivity contribution is -0.144. The molecule has 22 heavy (non-hydrogen) atoms. The molecule has 0 amide bonds. The van der Waals surface area contributed by atoms with E-state index in [1.165, 1.54) is 12.2 Å². The van der Waals surface area contributed by atoms with Gasteiger partial charge in [0.1, 0.15) is 6.61 Å². The Hall–Kier alpha value is -2.75. The van der Waals surface area contributed by atoms with Gasteiger partial charge in [-0.3, -0.25) is 14.4 Å². The molecule has 4 nitrogen and oxygen atoms in total. The molecule has 0 N–H and O–H groups in total. The van der Waals surface area contributed by atoms with Crippen molar-refractivity contribution in [1.82, 2.24) is 0 Å². The Labute approximate surface area is 128 Å². The average Bonchev–Trinajstić information content (AvgIpc) is 2.55. The van der Waals surface area contributed by atoms with Gasteiger partial charge in [-0.2, -0.15) is 0 Å². The number of carbonyl (C=O) groups is 3. The Morgan fingerprint density at radius 3 is 2.23 bits per heavy atom. The fourth-order valence-electron chi connectivity index (χ4n) is 2.27. The zero-order valence-electron chi connectivity index (χ0n) is 12.3. The van der Waals surface area contributed by atoms with E-state index < -0.39 is 0 Å². The third-order valence-electron chi connectivity index (χ3n) is 3.45. The van der Waals surface area contributed by atoms with Gasteiger partial charge in [0.15, 0.2) is 11.6 Å². The van der Waals surface area contributed by atoms with Crippen LogP contribution in [0.2, 0.25) is 0 Å². The van der Waals surface area contributed by atoms with Crippen LogP contribution in [0.5, 0.6) is 0 Å². The van der Waals surface area contributed by atoms with Crippen molar-refractivity contribution in [3.63, 3.8) is 0 Å². The zero-order chi connectivity index (χ0) is 16.3. The van der Waals surface area contributed by atoms with Crippen LogP contribution in [0.3, 0.4) is 0 Å². The van der Waals surface area contributed by atoms with Crippen molar-refractivity contribution in [3.8, 4) is 0 Å². The predicted molar refractivity (Wildman–Crippen MR) is 82.6 cm³/mol. The Morgan fingerprint density at radius 1 is 1.09 bits per heavy atom. The van der Waals surface area contributed by atoms with Crippen LogP contribution in [-0.2, 0) is 16.1 Å². The van der Waals surface area contributed by atoms with Gasteiger partial charge in [0.25, 0.3) is 0 Å². The van der Waals surface area contributed by atoms with Crippen molar-refractivity contribution in [2.45, 2.75) is 20.0 Å². The minimum Gasteiger partial charge on any atom is -0.461 e. The topological polar surface area (TPSA) is 60.4 Å². The molecular formula is C18H16O4. The van der Waals surface area contributed by atoms with Crippen molar-refractivity contribution in [2.24, 2.45) is 0 Å². The van der Waals surface area contributed by atoms with E-state index in [0.29, 0.717) is 16.7 Å². The van der Waals surface area contributed by atoms with Crippen LogP contribution in [0, 0.1) is 0 Å². The van der Waals surface area contributed by atoms with Gasteiger partial charge in [0.05, 0.1) is 0 Å². The van der Waals surface area contributed by atoms with Crippen molar-refractivity contribution < 1.29 is 19.1 Å². The second kappa shape index (κ2) is 6.35. The summed E-state index contributed by atoms with van der Waals surface area (Å²) in [4.78, 5) is 36.0. The molecule has 1 aliphatic rings. The first kappa shape index (κ1) is 15.6. The van der Waals surface area contributed by atoms with Gasteiger partial charge in [-0.25, -0.2) is 0 Å². The lowest BCUT2D eigenvalue weighted by atomic mass is 9.83. The van der Waals surface area contributed by atoms with E-state index in [1.807, 2.05) is 0 Å². The molecule has 1 aliphatic carbocycles. The second-order valence-corrected chi connectivity index (χ2v) is 4.79. The Balaban J connectivity index is 2.41. The van der Waals surface area contributed by atoms with E-state index in [2.05, 4.69) is 13.2 Å². The predicted octanol–water partition coefficient (Wildman–Crippen LogP) is 3.19. The smallest absolute Gasteiger partial charge is 0.305 e. The van der Waals surface area contributed by atoms with E-state index >= 15 is 0 Å². The van der Waals surface area contributed by atoms with Gasteiger partial charge in [-0.1, -0.05) is 38.3 Å². The number of hydrogen-bond donors (Lipinski definition) is 0. The number of Topliss-reactive ketones (excluding diaryl/α,β-unsaturated/α-hetero) is 2. The maximum Gasteiger partial charge on any atom is 0.305 e. The third kappa shape index (κ3) is 2.68. The van der Waals surface area contributed by atoms with Crippen molar-refractivity contribution in [3.05, 3.63) is 71.3 Å². The monoisotopic (exact) mass is 296 g/mol. The highest BCUT2D eigenvalue weighted by Crippen LogP contribution is 2.28. The summed E-state index contributed by atoms with van der Waals surface area (Å²) in [6, 6.07) is 4.84. The molecule has 0 heterocycles. The number of carbonyl (C=O) groups excluding carboxylic acids is 3. The molecular weight excluding hydrogens is 280 g/mol. The van der Waals surface area contributed by atoms with E-state index in [0.717, 1.165) is 0 Å². The number of hydrogen-bond acceptors (Lipinski definition) is 4. The minimum absolute atomic E-state index is 0.0723. The van der Waals surface area contributed by atoms with Crippen LogP contribution in [0.25, 0.3) is 0 Å². The molecule has 2 rings (SSSR count). The lowest BCUT2D eigenvalue weighted by Gasteiger charge is -2.18. The molecule has 0 radical (unpaired) electrons. The average molecular weight is 296 g/mol. The summed E-state index contributed by atoms with van der Waals surface area (Å²) in [6.07, 6.45) is 3.02. The summed E-state index contributed by atoms with van der Waals surface area (Å²) in [5.74, 6) is -0.847. The van der Waals surface area contributed by atoms with E-state index in [-0.39, 0.29) is 41.7 Å². The van der Waals surface area contributed by atoms with Crippen LogP contribution in [0.1, 0.15) is 39.6 Å². The van der Waals surface area contributed by atoms with E-state index in [9.17, 15) is 14.4 Å². The first-order valence-electron chi connectivity index (χ1n) is 6.90. The molecule has 0 aliphatic heterocycles. The van der Waals surface area contributed by atoms with Crippen LogP contribution in [0.4, 0.5) is 0 Å².